The average Bonchev–Trinajstić information content (AvgIpc) is 2.76. The van der Waals surface area contributed by atoms with Gasteiger partial charge in [-0.2, -0.15) is 5.26 Å². The van der Waals surface area contributed by atoms with Gasteiger partial charge < -0.3 is 19.8 Å². The molecule has 0 saturated carbocycles. The molecule has 0 aliphatic carbocycles. The van der Waals surface area contributed by atoms with Gasteiger partial charge in [-0.1, -0.05) is 41.9 Å². The van der Waals surface area contributed by atoms with Crippen LogP contribution in [0.3, 0.4) is 0 Å². The summed E-state index contributed by atoms with van der Waals surface area (Å²) >= 11 is 6.04. The Labute approximate surface area is 184 Å². The fraction of sp³-hybridized carbons (Fsp3) is 0.167. The molecule has 1 aliphatic heterocycles. The average molecular weight is 434 g/mol. The quantitative estimate of drug-likeness (QED) is 0.669. The van der Waals surface area contributed by atoms with Gasteiger partial charge in [0.1, 0.15) is 23.1 Å². The molecule has 6 nitrogen and oxygen atoms in total. The van der Waals surface area contributed by atoms with Crippen LogP contribution < -0.4 is 20.8 Å². The monoisotopic (exact) mass is 433 g/mol. The first kappa shape index (κ1) is 20.6. The van der Waals surface area contributed by atoms with Crippen molar-refractivity contribution in [2.45, 2.75) is 19.4 Å². The highest BCUT2D eigenvalue weighted by Gasteiger charge is 2.34. The third-order valence-corrected chi connectivity index (χ3v) is 5.67. The maximum absolute atomic E-state index is 13.7. The van der Waals surface area contributed by atoms with Gasteiger partial charge in [-0.15, -0.1) is 0 Å². The van der Waals surface area contributed by atoms with Crippen LogP contribution in [-0.4, -0.2) is 11.7 Å². The Balaban J connectivity index is 1.92. The van der Waals surface area contributed by atoms with Gasteiger partial charge in [0.25, 0.3) is 5.56 Å². The van der Waals surface area contributed by atoms with Crippen LogP contribution in [0, 0.1) is 18.3 Å². The van der Waals surface area contributed by atoms with Gasteiger partial charge in [0, 0.05) is 22.3 Å². The minimum Gasteiger partial charge on any atom is -0.496 e. The van der Waals surface area contributed by atoms with Gasteiger partial charge >= 0.3 is 0 Å². The van der Waals surface area contributed by atoms with Gasteiger partial charge in [-0.3, -0.25) is 4.79 Å². The Kier molecular flexibility index (Phi) is 5.45. The number of methoxy groups -OCH3 is 1. The number of pyridine rings is 1. The van der Waals surface area contributed by atoms with Crippen molar-refractivity contribution in [2.24, 2.45) is 5.73 Å². The summed E-state index contributed by atoms with van der Waals surface area (Å²) in [5, 5.41) is 10.3. The number of fused-ring (bicyclic) bond motifs is 1. The van der Waals surface area contributed by atoms with Gasteiger partial charge in [0.15, 0.2) is 0 Å². The Hall–Kier alpha value is -3.69. The lowest BCUT2D eigenvalue weighted by Gasteiger charge is -2.27. The number of hydrogen-bond donors (Lipinski definition) is 1. The van der Waals surface area contributed by atoms with Crippen LogP contribution in [0.2, 0.25) is 5.02 Å². The normalized spacial score (nSPS) is 15.1. The first-order valence-electron chi connectivity index (χ1n) is 9.64. The lowest BCUT2D eigenvalue weighted by atomic mass is 9.84. The SMILES string of the molecule is COc1ccccc1Cn1c(C)cc2c(c1=O)C(c1ccc(Cl)cc1)C(C#N)=C(N)O2. The van der Waals surface area contributed by atoms with Crippen molar-refractivity contribution in [3.8, 4) is 17.6 Å². The number of nitrogens with zero attached hydrogens (tertiary/aromatic N) is 2. The van der Waals surface area contributed by atoms with Crippen LogP contribution in [0.4, 0.5) is 0 Å². The van der Waals surface area contributed by atoms with E-state index < -0.39 is 5.92 Å². The molecule has 2 heterocycles. The van der Waals surface area contributed by atoms with Crippen LogP contribution in [-0.2, 0) is 6.54 Å². The van der Waals surface area contributed by atoms with Crippen molar-refractivity contribution in [2.75, 3.05) is 7.11 Å². The van der Waals surface area contributed by atoms with E-state index in [-0.39, 0.29) is 17.0 Å². The fourth-order valence-electron chi connectivity index (χ4n) is 3.88. The number of benzene rings is 2. The minimum atomic E-state index is -0.650. The van der Waals surface area contributed by atoms with Crippen molar-refractivity contribution in [1.82, 2.24) is 4.57 Å². The standard InChI is InChI=1S/C24H20ClN3O3/c1-14-11-20-22(24(29)28(14)13-16-5-3-4-6-19(16)30-2)21(18(12-26)23(27)31-20)15-7-9-17(25)10-8-15/h3-11,21H,13,27H2,1-2H3. The number of rotatable bonds is 4. The molecule has 31 heavy (non-hydrogen) atoms. The summed E-state index contributed by atoms with van der Waals surface area (Å²) in [7, 11) is 1.60. The number of hydrogen-bond acceptors (Lipinski definition) is 5. The summed E-state index contributed by atoms with van der Waals surface area (Å²) in [5.74, 6) is 0.397. The maximum Gasteiger partial charge on any atom is 0.259 e. The zero-order chi connectivity index (χ0) is 22.1. The highest BCUT2D eigenvalue weighted by Crippen LogP contribution is 2.40. The molecule has 3 aromatic rings. The summed E-state index contributed by atoms with van der Waals surface area (Å²) in [4.78, 5) is 13.7. The largest absolute Gasteiger partial charge is 0.496 e. The number of nitriles is 1. The summed E-state index contributed by atoms with van der Waals surface area (Å²) < 4.78 is 12.8. The molecule has 0 spiro atoms. The Morgan fingerprint density at radius 3 is 2.61 bits per heavy atom. The maximum atomic E-state index is 13.7. The topological polar surface area (TPSA) is 90.3 Å². The molecule has 4 rings (SSSR count). The van der Waals surface area contributed by atoms with E-state index in [1.165, 1.54) is 0 Å². The number of aryl methyl sites for hydroxylation is 1. The fourth-order valence-corrected chi connectivity index (χ4v) is 4.00. The molecular weight excluding hydrogens is 414 g/mol. The van der Waals surface area contributed by atoms with Crippen LogP contribution in [0.1, 0.15) is 28.3 Å². The number of halogens is 1. The zero-order valence-electron chi connectivity index (χ0n) is 17.1. The van der Waals surface area contributed by atoms with Crippen molar-refractivity contribution in [3.05, 3.63) is 104 Å². The van der Waals surface area contributed by atoms with E-state index in [1.54, 1.807) is 42.0 Å². The van der Waals surface area contributed by atoms with Crippen molar-refractivity contribution < 1.29 is 9.47 Å². The Morgan fingerprint density at radius 1 is 1.23 bits per heavy atom. The van der Waals surface area contributed by atoms with E-state index in [2.05, 4.69) is 6.07 Å². The van der Waals surface area contributed by atoms with Crippen molar-refractivity contribution in [1.29, 1.82) is 5.26 Å². The second-order valence-corrected chi connectivity index (χ2v) is 7.68. The molecule has 1 unspecified atom stereocenters. The van der Waals surface area contributed by atoms with E-state index in [1.807, 2.05) is 31.2 Å². The zero-order valence-corrected chi connectivity index (χ0v) is 17.8. The smallest absolute Gasteiger partial charge is 0.259 e. The van der Waals surface area contributed by atoms with Gasteiger partial charge in [-0.05, 0) is 30.7 Å². The molecule has 1 aromatic heterocycles. The summed E-state index contributed by atoms with van der Waals surface area (Å²) in [5.41, 5.74) is 8.67. The molecule has 0 amide bonds. The predicted octanol–water partition coefficient (Wildman–Crippen LogP) is 4.09. The van der Waals surface area contributed by atoms with Crippen LogP contribution in [0.25, 0.3) is 0 Å². The summed E-state index contributed by atoms with van der Waals surface area (Å²) in [6.45, 7) is 2.15. The summed E-state index contributed by atoms with van der Waals surface area (Å²) in [6.07, 6.45) is 0. The molecule has 7 heteroatoms. The highest BCUT2D eigenvalue weighted by molar-refractivity contribution is 6.30. The van der Waals surface area contributed by atoms with E-state index in [0.717, 1.165) is 11.1 Å². The molecule has 2 N–H and O–H groups in total. The molecule has 0 saturated heterocycles. The molecule has 0 radical (unpaired) electrons. The molecule has 1 atom stereocenters. The first-order valence-corrected chi connectivity index (χ1v) is 10.0. The van der Waals surface area contributed by atoms with E-state index in [4.69, 9.17) is 26.8 Å². The molecule has 1 aliphatic rings. The number of nitrogens with two attached hydrogens (primary N) is 1. The predicted molar refractivity (Wildman–Crippen MR) is 118 cm³/mol. The number of para-hydroxylation sites is 1. The Bertz CT molecular complexity index is 1290. The van der Waals surface area contributed by atoms with Crippen LogP contribution in [0.5, 0.6) is 11.5 Å². The second-order valence-electron chi connectivity index (χ2n) is 7.24. The van der Waals surface area contributed by atoms with Gasteiger partial charge in [-0.25, -0.2) is 0 Å². The lowest BCUT2D eigenvalue weighted by Crippen LogP contribution is -2.33. The van der Waals surface area contributed by atoms with E-state index >= 15 is 0 Å². The van der Waals surface area contributed by atoms with E-state index in [9.17, 15) is 10.1 Å². The van der Waals surface area contributed by atoms with Crippen LogP contribution in [0.15, 0.2) is 70.8 Å². The first-order chi connectivity index (χ1) is 14.9. The van der Waals surface area contributed by atoms with Gasteiger partial charge in [0.05, 0.1) is 25.1 Å². The summed E-state index contributed by atoms with van der Waals surface area (Å²) in [6, 6.07) is 18.4. The Morgan fingerprint density at radius 2 is 1.94 bits per heavy atom. The highest BCUT2D eigenvalue weighted by atomic mass is 35.5. The minimum absolute atomic E-state index is 0.00349. The second kappa shape index (κ2) is 8.21. The van der Waals surface area contributed by atoms with Crippen LogP contribution >= 0.6 is 11.6 Å². The number of aromatic nitrogens is 1. The van der Waals surface area contributed by atoms with Gasteiger partial charge in [0.2, 0.25) is 5.88 Å². The molecule has 0 fully saturated rings. The molecule has 0 bridgehead atoms. The third-order valence-electron chi connectivity index (χ3n) is 5.41. The molecular formula is C24H20ClN3O3. The molecule has 156 valence electrons. The number of allylic oxidation sites excluding steroid dienone is 1. The number of ether oxygens (including phenoxy) is 2. The van der Waals surface area contributed by atoms with Crippen molar-refractivity contribution in [3.63, 3.8) is 0 Å². The third kappa shape index (κ3) is 3.65. The lowest BCUT2D eigenvalue weighted by molar-refractivity contribution is 0.388. The van der Waals surface area contributed by atoms with E-state index in [0.29, 0.717) is 34.3 Å². The molecule has 2 aromatic carbocycles. The van der Waals surface area contributed by atoms with Crippen molar-refractivity contribution >= 4 is 11.6 Å².